The SMILES string of the molecule is O=C(Nc1ccc(Cl)c(C(=O)NC2CCCCC2)c1)c1ccc2c(c1)CCO2. The summed E-state index contributed by atoms with van der Waals surface area (Å²) in [6, 6.07) is 10.6. The highest BCUT2D eigenvalue weighted by Gasteiger charge is 2.19. The Morgan fingerprint density at radius 3 is 2.64 bits per heavy atom. The molecule has 2 N–H and O–H groups in total. The van der Waals surface area contributed by atoms with Crippen LogP contribution < -0.4 is 15.4 Å². The van der Waals surface area contributed by atoms with E-state index in [0.29, 0.717) is 28.4 Å². The quantitative estimate of drug-likeness (QED) is 0.791. The minimum atomic E-state index is -0.226. The summed E-state index contributed by atoms with van der Waals surface area (Å²) in [5.74, 6) is 0.419. The van der Waals surface area contributed by atoms with Crippen LogP contribution in [0.4, 0.5) is 5.69 Å². The second-order valence-corrected chi connectivity index (χ2v) is 7.79. The van der Waals surface area contributed by atoms with Crippen molar-refractivity contribution in [3.63, 3.8) is 0 Å². The number of halogens is 1. The van der Waals surface area contributed by atoms with Gasteiger partial charge in [0.05, 0.1) is 17.2 Å². The van der Waals surface area contributed by atoms with Crippen LogP contribution in [0.15, 0.2) is 36.4 Å². The van der Waals surface area contributed by atoms with Gasteiger partial charge < -0.3 is 15.4 Å². The molecule has 1 aliphatic carbocycles. The van der Waals surface area contributed by atoms with Gasteiger partial charge in [-0.25, -0.2) is 0 Å². The lowest BCUT2D eigenvalue weighted by molar-refractivity contribution is 0.0926. The monoisotopic (exact) mass is 398 g/mol. The molecule has 6 heteroatoms. The van der Waals surface area contributed by atoms with E-state index in [1.165, 1.54) is 6.42 Å². The summed E-state index contributed by atoms with van der Waals surface area (Å²) in [5.41, 5.74) is 2.52. The number of anilines is 1. The van der Waals surface area contributed by atoms with Crippen molar-refractivity contribution in [2.24, 2.45) is 0 Å². The van der Waals surface area contributed by atoms with E-state index in [1.807, 2.05) is 12.1 Å². The zero-order chi connectivity index (χ0) is 19.5. The van der Waals surface area contributed by atoms with Crippen LogP contribution in [0.25, 0.3) is 0 Å². The maximum absolute atomic E-state index is 12.6. The molecule has 28 heavy (non-hydrogen) atoms. The number of carbonyl (C=O) groups is 2. The molecule has 0 saturated heterocycles. The second-order valence-electron chi connectivity index (χ2n) is 7.38. The van der Waals surface area contributed by atoms with Crippen LogP contribution in [0.2, 0.25) is 5.02 Å². The third kappa shape index (κ3) is 4.14. The van der Waals surface area contributed by atoms with Crippen molar-refractivity contribution in [2.75, 3.05) is 11.9 Å². The number of carbonyl (C=O) groups excluding carboxylic acids is 2. The molecule has 0 atom stereocenters. The van der Waals surface area contributed by atoms with E-state index < -0.39 is 0 Å². The van der Waals surface area contributed by atoms with Crippen molar-refractivity contribution < 1.29 is 14.3 Å². The van der Waals surface area contributed by atoms with Crippen LogP contribution in [0.1, 0.15) is 58.4 Å². The smallest absolute Gasteiger partial charge is 0.255 e. The minimum Gasteiger partial charge on any atom is -0.493 e. The van der Waals surface area contributed by atoms with E-state index in [4.69, 9.17) is 16.3 Å². The standard InChI is InChI=1S/C22H23ClN2O3/c23-19-8-7-17(13-18(19)22(27)24-16-4-2-1-3-5-16)25-21(26)15-6-9-20-14(12-15)10-11-28-20/h6-9,12-13,16H,1-5,10-11H2,(H,24,27)(H,25,26). The van der Waals surface area contributed by atoms with Crippen molar-refractivity contribution in [3.05, 3.63) is 58.1 Å². The molecule has 0 aromatic heterocycles. The van der Waals surface area contributed by atoms with Gasteiger partial charge in [-0.15, -0.1) is 0 Å². The summed E-state index contributed by atoms with van der Waals surface area (Å²) in [5, 5.41) is 6.30. The van der Waals surface area contributed by atoms with Crippen LogP contribution >= 0.6 is 11.6 Å². The van der Waals surface area contributed by atoms with Gasteiger partial charge in [0.25, 0.3) is 11.8 Å². The Balaban J connectivity index is 1.47. The number of hydrogen-bond acceptors (Lipinski definition) is 3. The van der Waals surface area contributed by atoms with Gasteiger partial charge in [0, 0.05) is 23.7 Å². The number of rotatable bonds is 4. The summed E-state index contributed by atoms with van der Waals surface area (Å²) in [6.45, 7) is 0.650. The summed E-state index contributed by atoms with van der Waals surface area (Å²) in [4.78, 5) is 25.3. The fourth-order valence-electron chi connectivity index (χ4n) is 3.82. The summed E-state index contributed by atoms with van der Waals surface area (Å²) in [6.07, 6.45) is 6.32. The van der Waals surface area contributed by atoms with Gasteiger partial charge in [0.2, 0.25) is 0 Å². The van der Waals surface area contributed by atoms with Gasteiger partial charge in [0.15, 0.2) is 0 Å². The van der Waals surface area contributed by atoms with Crippen molar-refractivity contribution in [2.45, 2.75) is 44.6 Å². The lowest BCUT2D eigenvalue weighted by atomic mass is 9.95. The normalized spacial score (nSPS) is 16.2. The van der Waals surface area contributed by atoms with Gasteiger partial charge in [-0.1, -0.05) is 30.9 Å². The zero-order valence-corrected chi connectivity index (χ0v) is 16.3. The Bertz CT molecular complexity index is 907. The maximum Gasteiger partial charge on any atom is 0.255 e. The lowest BCUT2D eigenvalue weighted by Crippen LogP contribution is -2.36. The van der Waals surface area contributed by atoms with Crippen LogP contribution in [-0.2, 0) is 6.42 Å². The van der Waals surface area contributed by atoms with E-state index >= 15 is 0 Å². The third-order valence-corrected chi connectivity index (χ3v) is 5.69. The van der Waals surface area contributed by atoms with Crippen LogP contribution in [-0.4, -0.2) is 24.5 Å². The zero-order valence-electron chi connectivity index (χ0n) is 15.6. The highest BCUT2D eigenvalue weighted by molar-refractivity contribution is 6.34. The molecule has 2 amide bonds. The lowest BCUT2D eigenvalue weighted by Gasteiger charge is -2.23. The van der Waals surface area contributed by atoms with Gasteiger partial charge in [-0.05, 0) is 54.8 Å². The molecule has 1 saturated carbocycles. The summed E-state index contributed by atoms with van der Waals surface area (Å²) < 4.78 is 5.48. The number of fused-ring (bicyclic) bond motifs is 1. The molecule has 0 unspecified atom stereocenters. The molecule has 2 aromatic carbocycles. The molecule has 5 nitrogen and oxygen atoms in total. The Morgan fingerprint density at radius 1 is 1.00 bits per heavy atom. The van der Waals surface area contributed by atoms with E-state index in [9.17, 15) is 9.59 Å². The fourth-order valence-corrected chi connectivity index (χ4v) is 4.02. The summed E-state index contributed by atoms with van der Waals surface area (Å²) in [7, 11) is 0. The predicted molar refractivity (Wildman–Crippen MR) is 109 cm³/mol. The number of amides is 2. The highest BCUT2D eigenvalue weighted by Crippen LogP contribution is 2.27. The van der Waals surface area contributed by atoms with Gasteiger partial charge in [-0.2, -0.15) is 0 Å². The molecular weight excluding hydrogens is 376 g/mol. The Kier molecular flexibility index (Phi) is 5.53. The summed E-state index contributed by atoms with van der Waals surface area (Å²) >= 11 is 6.24. The van der Waals surface area contributed by atoms with E-state index in [-0.39, 0.29) is 17.9 Å². The molecule has 4 rings (SSSR count). The van der Waals surface area contributed by atoms with Crippen molar-refractivity contribution in [1.29, 1.82) is 0 Å². The number of nitrogens with one attached hydrogen (secondary N) is 2. The predicted octanol–water partition coefficient (Wildman–Crippen LogP) is 4.59. The van der Waals surface area contributed by atoms with Crippen molar-refractivity contribution in [3.8, 4) is 5.75 Å². The number of benzene rings is 2. The van der Waals surface area contributed by atoms with Gasteiger partial charge in [-0.3, -0.25) is 9.59 Å². The van der Waals surface area contributed by atoms with Crippen LogP contribution in [0, 0.1) is 0 Å². The van der Waals surface area contributed by atoms with Gasteiger partial charge >= 0.3 is 0 Å². The van der Waals surface area contributed by atoms with E-state index in [2.05, 4.69) is 10.6 Å². The number of hydrogen-bond donors (Lipinski definition) is 2. The Morgan fingerprint density at radius 2 is 1.82 bits per heavy atom. The molecule has 1 heterocycles. The van der Waals surface area contributed by atoms with Crippen LogP contribution in [0.5, 0.6) is 5.75 Å². The van der Waals surface area contributed by atoms with E-state index in [0.717, 1.165) is 43.4 Å². The van der Waals surface area contributed by atoms with Crippen molar-refractivity contribution >= 4 is 29.1 Å². The first-order valence-electron chi connectivity index (χ1n) is 9.77. The minimum absolute atomic E-state index is 0.192. The van der Waals surface area contributed by atoms with Crippen molar-refractivity contribution in [1.82, 2.24) is 5.32 Å². The Labute approximate surface area is 169 Å². The molecular formula is C22H23ClN2O3. The molecule has 2 aliphatic rings. The molecule has 0 bridgehead atoms. The first-order valence-corrected chi connectivity index (χ1v) is 10.2. The molecule has 2 aromatic rings. The fraction of sp³-hybridized carbons (Fsp3) is 0.364. The van der Waals surface area contributed by atoms with Crippen LogP contribution in [0.3, 0.4) is 0 Å². The molecule has 146 valence electrons. The Hall–Kier alpha value is -2.53. The first-order chi connectivity index (χ1) is 13.6. The van der Waals surface area contributed by atoms with E-state index in [1.54, 1.807) is 24.3 Å². The largest absolute Gasteiger partial charge is 0.493 e. The second kappa shape index (κ2) is 8.23. The number of ether oxygens (including phenoxy) is 1. The topological polar surface area (TPSA) is 67.4 Å². The molecule has 1 fully saturated rings. The first kappa shape index (κ1) is 18.8. The maximum atomic E-state index is 12.6. The molecule has 0 spiro atoms. The highest BCUT2D eigenvalue weighted by atomic mass is 35.5. The van der Waals surface area contributed by atoms with Gasteiger partial charge in [0.1, 0.15) is 5.75 Å². The average molecular weight is 399 g/mol. The average Bonchev–Trinajstić information content (AvgIpc) is 3.18. The third-order valence-electron chi connectivity index (χ3n) is 5.36. The molecule has 0 radical (unpaired) electrons. The molecule has 1 aliphatic heterocycles.